The second-order valence-electron chi connectivity index (χ2n) is 1.25. The second kappa shape index (κ2) is 3.39. The van der Waals surface area contributed by atoms with Crippen LogP contribution < -0.4 is 0 Å². The predicted octanol–water partition coefficient (Wildman–Crippen LogP) is 0.516. The third kappa shape index (κ3) is 2.61. The van der Waals surface area contributed by atoms with E-state index >= 15 is 0 Å². The number of carbonyl (C=O) groups excluding carboxylic acids is 1. The molecule has 0 aliphatic heterocycles. The van der Waals surface area contributed by atoms with Gasteiger partial charge in [0.05, 0.1) is 0 Å². The summed E-state index contributed by atoms with van der Waals surface area (Å²) < 4.78 is 3.84. The molecule has 0 bridgehead atoms. The minimum Gasteiger partial charge on any atom is -0.476 e. The number of ether oxygens (including phenoxy) is 1. The van der Waals surface area contributed by atoms with Crippen molar-refractivity contribution in [2.75, 3.05) is 0 Å². The van der Waals surface area contributed by atoms with Crippen molar-refractivity contribution in [3.05, 3.63) is 24.5 Å². The Morgan fingerprint density at radius 2 is 1.90 bits per heavy atom. The van der Waals surface area contributed by atoms with Gasteiger partial charge in [-0.3, -0.25) is 0 Å². The molecule has 0 aliphatic carbocycles. The summed E-state index contributed by atoms with van der Waals surface area (Å²) >= 11 is 0. The third-order valence-electron chi connectivity index (χ3n) is 0.555. The van der Waals surface area contributed by atoms with Crippen LogP contribution in [0.15, 0.2) is 24.5 Å². The zero-order valence-corrected chi connectivity index (χ0v) is 4.94. The van der Waals surface area contributed by atoms with Gasteiger partial charge in [-0.1, -0.05) is 6.58 Å². The second-order valence-corrected chi connectivity index (χ2v) is 1.25. The van der Waals surface area contributed by atoms with Crippen LogP contribution in [0.4, 0.5) is 0 Å². The van der Waals surface area contributed by atoms with E-state index in [0.717, 1.165) is 6.08 Å². The fourth-order valence-corrected chi connectivity index (χ4v) is 0.183. The van der Waals surface area contributed by atoms with E-state index in [9.17, 15) is 4.79 Å². The number of esters is 1. The molecule has 0 radical (unpaired) electrons. The maximum Gasteiger partial charge on any atom is 0.369 e. The normalized spacial score (nSPS) is 8.00. The number of carbonyl (C=O) groups is 1. The number of hydrogen-bond donors (Lipinski definition) is 3. The highest BCUT2D eigenvalue weighted by atomic mass is 16.6. The van der Waals surface area contributed by atoms with E-state index in [1.165, 1.54) is 0 Å². The Bertz CT molecular complexity index is 176. The lowest BCUT2D eigenvalue weighted by atomic mass is 10.7. The van der Waals surface area contributed by atoms with E-state index in [2.05, 4.69) is 11.3 Å². The summed E-state index contributed by atoms with van der Waals surface area (Å²) in [6.45, 7) is 3.00. The average Bonchev–Trinajstić information content (AvgIpc) is 1.87. The van der Waals surface area contributed by atoms with Gasteiger partial charge in [-0.05, 0) is 0 Å². The van der Waals surface area contributed by atoms with Crippen LogP contribution in [-0.4, -0.2) is 21.3 Å². The Labute approximate surface area is 56.5 Å². The average molecular weight is 146 g/mol. The van der Waals surface area contributed by atoms with Crippen molar-refractivity contribution in [1.29, 1.82) is 0 Å². The zero-order chi connectivity index (χ0) is 8.15. The smallest absolute Gasteiger partial charge is 0.369 e. The highest BCUT2D eigenvalue weighted by Crippen LogP contribution is 1.95. The van der Waals surface area contributed by atoms with Crippen LogP contribution in [0, 0.1) is 0 Å². The van der Waals surface area contributed by atoms with E-state index < -0.39 is 17.9 Å². The first kappa shape index (κ1) is 8.35. The first-order chi connectivity index (χ1) is 4.57. The molecule has 10 heavy (non-hydrogen) atoms. The highest BCUT2D eigenvalue weighted by molar-refractivity contribution is 5.81. The van der Waals surface area contributed by atoms with Crippen LogP contribution in [0.2, 0.25) is 0 Å². The molecule has 0 saturated heterocycles. The number of rotatable bonds is 2. The van der Waals surface area contributed by atoms with Crippen molar-refractivity contribution in [1.82, 2.24) is 0 Å². The molecule has 0 fully saturated rings. The van der Waals surface area contributed by atoms with Crippen LogP contribution in [-0.2, 0) is 9.53 Å². The van der Waals surface area contributed by atoms with Gasteiger partial charge < -0.3 is 20.1 Å². The molecule has 0 unspecified atom stereocenters. The molecule has 0 aliphatic rings. The van der Waals surface area contributed by atoms with Crippen LogP contribution in [0.1, 0.15) is 0 Å². The predicted molar refractivity (Wildman–Crippen MR) is 31.2 cm³/mol. The molecule has 0 rings (SSSR count). The number of hydrogen-bond acceptors (Lipinski definition) is 5. The Balaban J connectivity index is 4.04. The summed E-state index contributed by atoms with van der Waals surface area (Å²) in [5.41, 5.74) is 0. The lowest BCUT2D eigenvalue weighted by Gasteiger charge is -1.96. The zero-order valence-electron chi connectivity index (χ0n) is 4.94. The fourth-order valence-electron chi connectivity index (χ4n) is 0.183. The van der Waals surface area contributed by atoms with Crippen LogP contribution >= 0.6 is 0 Å². The van der Waals surface area contributed by atoms with Crippen molar-refractivity contribution in [2.24, 2.45) is 0 Å². The van der Waals surface area contributed by atoms with Gasteiger partial charge in [0.15, 0.2) is 0 Å². The third-order valence-corrected chi connectivity index (χ3v) is 0.555. The summed E-state index contributed by atoms with van der Waals surface area (Å²) in [6, 6.07) is 0. The summed E-state index contributed by atoms with van der Waals surface area (Å²) in [7, 11) is 0. The van der Waals surface area contributed by atoms with E-state index in [1.807, 2.05) is 0 Å². The Hall–Kier alpha value is -1.65. The molecule has 0 atom stereocenters. The Kier molecular flexibility index (Phi) is 2.83. The standard InChI is InChI=1S/C5H6O5/c1-2-3(6)10-5(9)4(7)8/h2,7-9H,1H2. The summed E-state index contributed by atoms with van der Waals surface area (Å²) in [5.74, 6) is -3.67. The van der Waals surface area contributed by atoms with E-state index in [1.54, 1.807) is 0 Å². The molecule has 0 spiro atoms. The first-order valence-electron chi connectivity index (χ1n) is 2.23. The van der Waals surface area contributed by atoms with Gasteiger partial charge in [-0.15, -0.1) is 0 Å². The van der Waals surface area contributed by atoms with Gasteiger partial charge in [0, 0.05) is 6.08 Å². The molecule has 0 aromatic rings. The monoisotopic (exact) mass is 146 g/mol. The van der Waals surface area contributed by atoms with Gasteiger partial charge in [-0.2, -0.15) is 0 Å². The van der Waals surface area contributed by atoms with E-state index in [4.69, 9.17) is 15.3 Å². The van der Waals surface area contributed by atoms with Crippen LogP contribution in [0.25, 0.3) is 0 Å². The topological polar surface area (TPSA) is 87.0 Å². The van der Waals surface area contributed by atoms with Crippen molar-refractivity contribution in [3.63, 3.8) is 0 Å². The Morgan fingerprint density at radius 1 is 1.40 bits per heavy atom. The number of aliphatic hydroxyl groups excluding tert-OH is 2. The van der Waals surface area contributed by atoms with Crippen LogP contribution in [0.5, 0.6) is 0 Å². The quantitative estimate of drug-likeness (QED) is 0.300. The molecule has 5 heteroatoms. The Morgan fingerprint density at radius 3 is 2.20 bits per heavy atom. The van der Waals surface area contributed by atoms with Gasteiger partial charge in [-0.25, -0.2) is 4.79 Å². The van der Waals surface area contributed by atoms with Crippen molar-refractivity contribution < 1.29 is 24.9 Å². The van der Waals surface area contributed by atoms with Gasteiger partial charge >= 0.3 is 17.9 Å². The van der Waals surface area contributed by atoms with Gasteiger partial charge in [0.2, 0.25) is 0 Å². The first-order valence-corrected chi connectivity index (χ1v) is 2.23. The molecule has 3 N–H and O–H groups in total. The minimum atomic E-state index is -1.45. The summed E-state index contributed by atoms with van der Waals surface area (Å²) in [6.07, 6.45) is 0.763. The SMILES string of the molecule is C=CC(=O)OC(O)=C(O)O. The maximum absolute atomic E-state index is 10.2. The minimum absolute atomic E-state index is 0.763. The van der Waals surface area contributed by atoms with Gasteiger partial charge in [0.1, 0.15) is 0 Å². The van der Waals surface area contributed by atoms with E-state index in [-0.39, 0.29) is 0 Å². The molecule has 5 nitrogen and oxygen atoms in total. The molecule has 0 saturated carbocycles. The van der Waals surface area contributed by atoms with Crippen molar-refractivity contribution in [3.8, 4) is 0 Å². The lowest BCUT2D eigenvalue weighted by Crippen LogP contribution is -2.02. The molecular formula is C5H6O5. The molecule has 0 heterocycles. The van der Waals surface area contributed by atoms with E-state index in [0.29, 0.717) is 0 Å². The number of aliphatic hydroxyl groups is 3. The van der Waals surface area contributed by atoms with Crippen molar-refractivity contribution >= 4 is 5.97 Å². The largest absolute Gasteiger partial charge is 0.476 e. The summed E-state index contributed by atoms with van der Waals surface area (Å²) in [5, 5.41) is 24.4. The molecular weight excluding hydrogens is 140 g/mol. The lowest BCUT2D eigenvalue weighted by molar-refractivity contribution is -0.139. The fraction of sp³-hybridized carbons (Fsp3) is 0. The summed E-state index contributed by atoms with van der Waals surface area (Å²) in [4.78, 5) is 10.2. The molecule has 0 aromatic carbocycles. The molecule has 0 amide bonds. The molecule has 0 aromatic heterocycles. The maximum atomic E-state index is 10.2. The highest BCUT2D eigenvalue weighted by Gasteiger charge is 2.06. The van der Waals surface area contributed by atoms with Crippen molar-refractivity contribution in [2.45, 2.75) is 0 Å². The van der Waals surface area contributed by atoms with Gasteiger partial charge in [0.25, 0.3) is 0 Å². The molecule has 56 valence electrons. The van der Waals surface area contributed by atoms with Crippen LogP contribution in [0.3, 0.4) is 0 Å².